The van der Waals surface area contributed by atoms with Crippen LogP contribution in [-0.2, 0) is 0 Å². The Morgan fingerprint density at radius 1 is 1.75 bits per heavy atom. The number of hydrogen-bond donors (Lipinski definition) is 1. The Bertz CT molecular complexity index is 262. The number of imidazole rings is 1. The molecule has 1 saturated carbocycles. The minimum absolute atomic E-state index is 0.392. The SMILES string of the molecule is CC(CN)n1cncc1C1CC1. The first kappa shape index (κ1) is 7.80. The van der Waals surface area contributed by atoms with Crippen LogP contribution >= 0.6 is 0 Å². The zero-order valence-corrected chi connectivity index (χ0v) is 7.40. The van der Waals surface area contributed by atoms with Crippen molar-refractivity contribution in [1.29, 1.82) is 0 Å². The number of rotatable bonds is 3. The van der Waals surface area contributed by atoms with Crippen LogP contribution in [0, 0.1) is 0 Å². The fraction of sp³-hybridized carbons (Fsp3) is 0.667. The molecule has 2 N–H and O–H groups in total. The molecule has 1 aliphatic carbocycles. The van der Waals surface area contributed by atoms with E-state index in [2.05, 4.69) is 16.5 Å². The highest BCUT2D eigenvalue weighted by molar-refractivity contribution is 5.13. The first-order valence-corrected chi connectivity index (χ1v) is 4.54. The summed E-state index contributed by atoms with van der Waals surface area (Å²) >= 11 is 0. The molecule has 3 heteroatoms. The molecule has 0 saturated heterocycles. The Kier molecular flexibility index (Phi) is 1.89. The largest absolute Gasteiger partial charge is 0.330 e. The molecule has 0 radical (unpaired) electrons. The molecule has 0 bridgehead atoms. The first-order valence-electron chi connectivity index (χ1n) is 4.54. The molecule has 1 atom stereocenters. The highest BCUT2D eigenvalue weighted by Crippen LogP contribution is 2.40. The monoisotopic (exact) mass is 165 g/mol. The Balaban J connectivity index is 2.23. The zero-order chi connectivity index (χ0) is 8.55. The van der Waals surface area contributed by atoms with Gasteiger partial charge in [-0.2, -0.15) is 0 Å². The van der Waals surface area contributed by atoms with E-state index in [9.17, 15) is 0 Å². The second-order valence-electron chi connectivity index (χ2n) is 3.58. The molecular formula is C9H15N3. The summed E-state index contributed by atoms with van der Waals surface area (Å²) in [5.41, 5.74) is 6.97. The van der Waals surface area contributed by atoms with Gasteiger partial charge in [0.1, 0.15) is 0 Å². The van der Waals surface area contributed by atoms with Gasteiger partial charge in [0, 0.05) is 30.4 Å². The van der Waals surface area contributed by atoms with Crippen molar-refractivity contribution in [3.63, 3.8) is 0 Å². The van der Waals surface area contributed by atoms with E-state index in [4.69, 9.17) is 5.73 Å². The molecule has 0 aromatic carbocycles. The molecule has 12 heavy (non-hydrogen) atoms. The van der Waals surface area contributed by atoms with E-state index in [1.807, 2.05) is 12.5 Å². The van der Waals surface area contributed by atoms with Crippen LogP contribution in [0.2, 0.25) is 0 Å². The Labute approximate surface area is 72.6 Å². The maximum Gasteiger partial charge on any atom is 0.0951 e. The molecule has 1 aromatic heterocycles. The van der Waals surface area contributed by atoms with Crippen molar-refractivity contribution in [1.82, 2.24) is 9.55 Å². The van der Waals surface area contributed by atoms with Gasteiger partial charge in [0.15, 0.2) is 0 Å². The summed E-state index contributed by atoms with van der Waals surface area (Å²) in [5, 5.41) is 0. The smallest absolute Gasteiger partial charge is 0.0951 e. The van der Waals surface area contributed by atoms with Gasteiger partial charge in [0.05, 0.1) is 6.33 Å². The summed E-state index contributed by atoms with van der Waals surface area (Å²) < 4.78 is 2.21. The fourth-order valence-corrected chi connectivity index (χ4v) is 1.49. The van der Waals surface area contributed by atoms with E-state index in [0.29, 0.717) is 12.6 Å². The van der Waals surface area contributed by atoms with E-state index in [-0.39, 0.29) is 0 Å². The third kappa shape index (κ3) is 1.25. The van der Waals surface area contributed by atoms with Crippen molar-refractivity contribution < 1.29 is 0 Å². The maximum atomic E-state index is 5.60. The molecule has 1 aromatic rings. The number of hydrogen-bond acceptors (Lipinski definition) is 2. The standard InChI is InChI=1S/C9H15N3/c1-7(4-10)12-6-11-5-9(12)8-2-3-8/h5-8H,2-4,10H2,1H3. The Hall–Kier alpha value is -0.830. The summed E-state index contributed by atoms with van der Waals surface area (Å²) in [4.78, 5) is 4.16. The van der Waals surface area contributed by atoms with Gasteiger partial charge in [0.2, 0.25) is 0 Å². The van der Waals surface area contributed by atoms with Crippen molar-refractivity contribution in [2.24, 2.45) is 5.73 Å². The topological polar surface area (TPSA) is 43.8 Å². The number of nitrogens with two attached hydrogens (primary N) is 1. The van der Waals surface area contributed by atoms with Gasteiger partial charge in [-0.25, -0.2) is 4.98 Å². The summed E-state index contributed by atoms with van der Waals surface area (Å²) in [6.45, 7) is 2.82. The van der Waals surface area contributed by atoms with Gasteiger partial charge in [-0.15, -0.1) is 0 Å². The molecule has 3 nitrogen and oxygen atoms in total. The molecule has 66 valence electrons. The zero-order valence-electron chi connectivity index (χ0n) is 7.40. The predicted octanol–water partition coefficient (Wildman–Crippen LogP) is 1.28. The molecule has 1 aliphatic rings. The van der Waals surface area contributed by atoms with Crippen molar-refractivity contribution in [3.05, 3.63) is 18.2 Å². The third-order valence-corrected chi connectivity index (χ3v) is 2.51. The lowest BCUT2D eigenvalue weighted by molar-refractivity contribution is 0.537. The molecule has 0 aliphatic heterocycles. The highest BCUT2D eigenvalue weighted by Gasteiger charge is 2.27. The van der Waals surface area contributed by atoms with Crippen LogP contribution in [0.25, 0.3) is 0 Å². The molecule has 2 rings (SSSR count). The minimum Gasteiger partial charge on any atom is -0.330 e. The van der Waals surface area contributed by atoms with Crippen LogP contribution in [0.5, 0.6) is 0 Å². The van der Waals surface area contributed by atoms with Crippen LogP contribution in [0.4, 0.5) is 0 Å². The highest BCUT2D eigenvalue weighted by atomic mass is 15.1. The van der Waals surface area contributed by atoms with Crippen LogP contribution < -0.4 is 5.73 Å². The van der Waals surface area contributed by atoms with Gasteiger partial charge in [-0.05, 0) is 19.8 Å². The van der Waals surface area contributed by atoms with Crippen LogP contribution in [-0.4, -0.2) is 16.1 Å². The summed E-state index contributed by atoms with van der Waals surface area (Å²) in [7, 11) is 0. The van der Waals surface area contributed by atoms with E-state index in [1.54, 1.807) is 0 Å². The van der Waals surface area contributed by atoms with Gasteiger partial charge in [0.25, 0.3) is 0 Å². The van der Waals surface area contributed by atoms with Crippen LogP contribution in [0.15, 0.2) is 12.5 Å². The summed E-state index contributed by atoms with van der Waals surface area (Å²) in [6, 6.07) is 0.392. The Morgan fingerprint density at radius 3 is 3.08 bits per heavy atom. The van der Waals surface area contributed by atoms with Gasteiger partial charge >= 0.3 is 0 Å². The predicted molar refractivity (Wildman–Crippen MR) is 48.0 cm³/mol. The number of aromatic nitrogens is 2. The average molecular weight is 165 g/mol. The molecule has 1 fully saturated rings. The van der Waals surface area contributed by atoms with Crippen molar-refractivity contribution in [3.8, 4) is 0 Å². The second kappa shape index (κ2) is 2.90. The van der Waals surface area contributed by atoms with Crippen molar-refractivity contribution >= 4 is 0 Å². The average Bonchev–Trinajstić information content (AvgIpc) is 2.83. The van der Waals surface area contributed by atoms with Gasteiger partial charge in [-0.1, -0.05) is 0 Å². The first-order chi connectivity index (χ1) is 5.83. The summed E-state index contributed by atoms with van der Waals surface area (Å²) in [5.74, 6) is 0.765. The van der Waals surface area contributed by atoms with Crippen LogP contribution in [0.1, 0.15) is 37.4 Å². The lowest BCUT2D eigenvalue weighted by Gasteiger charge is -2.13. The van der Waals surface area contributed by atoms with Gasteiger partial charge in [-0.3, -0.25) is 0 Å². The quantitative estimate of drug-likeness (QED) is 0.733. The second-order valence-corrected chi connectivity index (χ2v) is 3.58. The fourth-order valence-electron chi connectivity index (χ4n) is 1.49. The van der Waals surface area contributed by atoms with E-state index in [1.165, 1.54) is 18.5 Å². The van der Waals surface area contributed by atoms with E-state index < -0.39 is 0 Å². The molecular weight excluding hydrogens is 150 g/mol. The van der Waals surface area contributed by atoms with E-state index in [0.717, 1.165) is 5.92 Å². The lowest BCUT2D eigenvalue weighted by Crippen LogP contribution is -2.16. The molecule has 0 amide bonds. The molecule has 1 unspecified atom stereocenters. The third-order valence-electron chi connectivity index (χ3n) is 2.51. The van der Waals surface area contributed by atoms with Crippen molar-refractivity contribution in [2.75, 3.05) is 6.54 Å². The maximum absolute atomic E-state index is 5.60. The minimum atomic E-state index is 0.392. The Morgan fingerprint density at radius 2 is 2.50 bits per heavy atom. The normalized spacial score (nSPS) is 19.5. The van der Waals surface area contributed by atoms with Crippen molar-refractivity contribution in [2.45, 2.75) is 31.7 Å². The summed E-state index contributed by atoms with van der Waals surface area (Å²) in [6.07, 6.45) is 6.51. The molecule has 0 spiro atoms. The van der Waals surface area contributed by atoms with E-state index >= 15 is 0 Å². The lowest BCUT2D eigenvalue weighted by atomic mass is 10.2. The number of nitrogens with zero attached hydrogens (tertiary/aromatic N) is 2. The van der Waals surface area contributed by atoms with Gasteiger partial charge < -0.3 is 10.3 Å². The van der Waals surface area contributed by atoms with Crippen LogP contribution in [0.3, 0.4) is 0 Å². The molecule has 1 heterocycles.